The van der Waals surface area contributed by atoms with Crippen molar-refractivity contribution in [2.45, 2.75) is 25.6 Å². The molecule has 0 aliphatic heterocycles. The Balaban J connectivity index is 0.000000248. The maximum atomic E-state index is 12.7. The molecule has 0 amide bonds. The van der Waals surface area contributed by atoms with Crippen molar-refractivity contribution in [1.82, 2.24) is 5.32 Å². The second-order valence-electron chi connectivity index (χ2n) is 9.94. The van der Waals surface area contributed by atoms with E-state index in [1.165, 1.54) is 18.2 Å². The first-order valence-electron chi connectivity index (χ1n) is 13.7. The molecule has 0 fully saturated rings. The standard InChI is InChI=1S/C19H20F3NO2.C15H10O4.ClH/c1-14(12-15-6-5-9-17(13-15)19(20,21)22)23-10-11-25-18(24)16-7-3-2-4-8-16;16-10-6-11(17)15-12(18)8-13(19-14(15)7-10)9-4-2-1-3-5-9;/h2-9,13-14,23H,10-12H2,1H3;1-8,16-17H;1H. The SMILES string of the molecule is CC(Cc1cccc(C(F)(F)F)c1)NCCOC(=O)c1ccccc1.Cl.O=c1cc(-c2ccccc2)oc2cc(O)cc(O)c12. The van der Waals surface area contributed by atoms with Gasteiger partial charge in [-0.3, -0.25) is 4.79 Å². The lowest BCUT2D eigenvalue weighted by Gasteiger charge is -2.15. The third-order valence-corrected chi connectivity index (χ3v) is 6.49. The summed E-state index contributed by atoms with van der Waals surface area (Å²) < 4.78 is 48.8. The summed E-state index contributed by atoms with van der Waals surface area (Å²) in [6.45, 7) is 2.50. The highest BCUT2D eigenvalue weighted by atomic mass is 35.5. The van der Waals surface area contributed by atoms with Crippen molar-refractivity contribution in [3.63, 3.8) is 0 Å². The number of fused-ring (bicyclic) bond motifs is 1. The molecule has 0 aliphatic rings. The van der Waals surface area contributed by atoms with E-state index in [0.717, 1.165) is 23.8 Å². The number of carbonyl (C=O) groups is 1. The monoisotopic (exact) mass is 641 g/mol. The van der Waals surface area contributed by atoms with Gasteiger partial charge in [-0.25, -0.2) is 4.79 Å². The summed E-state index contributed by atoms with van der Waals surface area (Å²) in [4.78, 5) is 23.8. The van der Waals surface area contributed by atoms with Crippen molar-refractivity contribution in [3.8, 4) is 22.8 Å². The largest absolute Gasteiger partial charge is 0.508 e. The number of carbonyl (C=O) groups excluding carboxylic acids is 1. The van der Waals surface area contributed by atoms with E-state index in [1.807, 2.05) is 43.3 Å². The Morgan fingerprint density at radius 1 is 0.911 bits per heavy atom. The first-order chi connectivity index (χ1) is 21.0. The van der Waals surface area contributed by atoms with E-state index in [1.54, 1.807) is 30.3 Å². The minimum absolute atomic E-state index is 0. The van der Waals surface area contributed by atoms with Gasteiger partial charge in [0.2, 0.25) is 0 Å². The van der Waals surface area contributed by atoms with Crippen molar-refractivity contribution in [2.24, 2.45) is 0 Å². The first kappa shape index (κ1) is 34.7. The fraction of sp³-hybridized carbons (Fsp3) is 0.176. The number of hydrogen-bond donors (Lipinski definition) is 3. The molecule has 1 heterocycles. The Morgan fingerprint density at radius 2 is 1.58 bits per heavy atom. The van der Waals surface area contributed by atoms with Crippen LogP contribution >= 0.6 is 12.4 Å². The molecule has 1 aromatic heterocycles. The lowest BCUT2D eigenvalue weighted by Crippen LogP contribution is -2.31. The molecule has 0 saturated heterocycles. The average molecular weight is 642 g/mol. The van der Waals surface area contributed by atoms with Crippen molar-refractivity contribution in [2.75, 3.05) is 13.2 Å². The summed E-state index contributed by atoms with van der Waals surface area (Å²) in [5.41, 5.74) is 1.01. The number of phenolic OH excluding ortho intramolecular Hbond substituents is 2. The van der Waals surface area contributed by atoms with Gasteiger partial charge >= 0.3 is 12.1 Å². The number of hydrogen-bond acceptors (Lipinski definition) is 7. The fourth-order valence-electron chi connectivity index (χ4n) is 4.41. The number of halogens is 4. The maximum absolute atomic E-state index is 12.7. The van der Waals surface area contributed by atoms with Crippen molar-refractivity contribution < 1.29 is 37.3 Å². The van der Waals surface area contributed by atoms with Gasteiger partial charge in [-0.1, -0.05) is 66.7 Å². The zero-order valence-corrected chi connectivity index (χ0v) is 24.9. The van der Waals surface area contributed by atoms with Gasteiger partial charge in [-0.15, -0.1) is 12.4 Å². The molecule has 1 unspecified atom stereocenters. The van der Waals surface area contributed by atoms with Gasteiger partial charge in [0.05, 0.1) is 11.1 Å². The number of aromatic hydroxyl groups is 2. The third-order valence-electron chi connectivity index (χ3n) is 6.49. The molecule has 0 radical (unpaired) electrons. The highest BCUT2D eigenvalue weighted by molar-refractivity contribution is 5.89. The molecule has 4 aromatic carbocycles. The molecule has 45 heavy (non-hydrogen) atoms. The van der Waals surface area contributed by atoms with E-state index >= 15 is 0 Å². The van der Waals surface area contributed by atoms with Crippen LogP contribution in [0, 0.1) is 0 Å². The molecule has 0 aliphatic carbocycles. The van der Waals surface area contributed by atoms with Gasteiger partial charge in [0, 0.05) is 36.3 Å². The highest BCUT2D eigenvalue weighted by Gasteiger charge is 2.30. The van der Waals surface area contributed by atoms with Crippen LogP contribution in [0.25, 0.3) is 22.3 Å². The highest BCUT2D eigenvalue weighted by Crippen LogP contribution is 2.31. The summed E-state index contributed by atoms with van der Waals surface area (Å²) >= 11 is 0. The Hall–Kier alpha value is -4.80. The van der Waals surface area contributed by atoms with Crippen LogP contribution in [0.1, 0.15) is 28.4 Å². The Bertz CT molecular complexity index is 1760. The number of rotatable bonds is 8. The Morgan fingerprint density at radius 3 is 2.24 bits per heavy atom. The van der Waals surface area contributed by atoms with Gasteiger partial charge in [-0.05, 0) is 37.1 Å². The van der Waals surface area contributed by atoms with E-state index < -0.39 is 17.7 Å². The van der Waals surface area contributed by atoms with Crippen LogP contribution in [0.4, 0.5) is 13.2 Å². The molecule has 0 bridgehead atoms. The number of phenols is 2. The van der Waals surface area contributed by atoms with Crippen LogP contribution < -0.4 is 10.7 Å². The fourth-order valence-corrected chi connectivity index (χ4v) is 4.41. The number of alkyl halides is 3. The maximum Gasteiger partial charge on any atom is 0.416 e. The third kappa shape index (κ3) is 9.85. The summed E-state index contributed by atoms with van der Waals surface area (Å²) in [6, 6.07) is 26.8. The number of benzene rings is 4. The van der Waals surface area contributed by atoms with Gasteiger partial charge in [-0.2, -0.15) is 13.2 Å². The average Bonchev–Trinajstić information content (AvgIpc) is 2.99. The molecule has 0 spiro atoms. The predicted octanol–water partition coefficient (Wildman–Crippen LogP) is 7.38. The normalized spacial score (nSPS) is 11.6. The quantitative estimate of drug-likeness (QED) is 0.120. The number of nitrogens with one attached hydrogen (secondary N) is 1. The zero-order chi connectivity index (χ0) is 31.7. The Labute approximate surface area is 263 Å². The van der Waals surface area contributed by atoms with E-state index in [0.29, 0.717) is 29.9 Å². The summed E-state index contributed by atoms with van der Waals surface area (Å²) in [5.74, 6) is -0.447. The summed E-state index contributed by atoms with van der Waals surface area (Å²) in [5, 5.41) is 22.3. The van der Waals surface area contributed by atoms with E-state index in [-0.39, 0.29) is 53.0 Å². The van der Waals surface area contributed by atoms with Crippen molar-refractivity contribution in [3.05, 3.63) is 130 Å². The van der Waals surface area contributed by atoms with Gasteiger partial charge in [0.15, 0.2) is 5.43 Å². The van der Waals surface area contributed by atoms with Crippen LogP contribution in [0.15, 0.2) is 112 Å². The second kappa shape index (κ2) is 15.8. The topological polar surface area (TPSA) is 109 Å². The summed E-state index contributed by atoms with van der Waals surface area (Å²) in [6.07, 6.45) is -3.88. The van der Waals surface area contributed by atoms with Gasteiger partial charge in [0.1, 0.15) is 34.8 Å². The van der Waals surface area contributed by atoms with Crippen LogP contribution in [0.3, 0.4) is 0 Å². The molecule has 236 valence electrons. The lowest BCUT2D eigenvalue weighted by atomic mass is 10.0. The molecule has 5 rings (SSSR count). The van der Waals surface area contributed by atoms with Crippen LogP contribution in [-0.4, -0.2) is 35.4 Å². The molecule has 3 N–H and O–H groups in total. The first-order valence-corrected chi connectivity index (χ1v) is 13.7. The molecule has 1 atom stereocenters. The van der Waals surface area contributed by atoms with Crippen molar-refractivity contribution in [1.29, 1.82) is 0 Å². The molecule has 0 saturated carbocycles. The number of esters is 1. The molecule has 7 nitrogen and oxygen atoms in total. The van der Waals surface area contributed by atoms with Crippen LogP contribution in [0.2, 0.25) is 0 Å². The Kier molecular flexibility index (Phi) is 12.2. The smallest absolute Gasteiger partial charge is 0.416 e. The molecular weight excluding hydrogens is 611 g/mol. The zero-order valence-electron chi connectivity index (χ0n) is 24.1. The van der Waals surface area contributed by atoms with E-state index in [9.17, 15) is 33.0 Å². The van der Waals surface area contributed by atoms with Crippen LogP contribution in [0.5, 0.6) is 11.5 Å². The van der Waals surface area contributed by atoms with Gasteiger partial charge in [0.25, 0.3) is 0 Å². The van der Waals surface area contributed by atoms with Crippen molar-refractivity contribution >= 4 is 29.3 Å². The lowest BCUT2D eigenvalue weighted by molar-refractivity contribution is -0.137. The molecular formula is C34H31ClF3NO6. The van der Waals surface area contributed by atoms with Gasteiger partial charge < -0.3 is 24.7 Å². The summed E-state index contributed by atoms with van der Waals surface area (Å²) in [7, 11) is 0. The molecule has 5 aromatic rings. The predicted molar refractivity (Wildman–Crippen MR) is 168 cm³/mol. The minimum Gasteiger partial charge on any atom is -0.508 e. The minimum atomic E-state index is -4.34. The van der Waals surface area contributed by atoms with E-state index in [4.69, 9.17) is 9.15 Å². The van der Waals surface area contributed by atoms with Crippen LogP contribution in [-0.2, 0) is 17.3 Å². The number of ether oxygens (including phenoxy) is 1. The molecule has 11 heteroatoms. The van der Waals surface area contributed by atoms with E-state index in [2.05, 4.69) is 5.32 Å². The second-order valence-corrected chi connectivity index (χ2v) is 9.94.